The van der Waals surface area contributed by atoms with Crippen LogP contribution in [0.3, 0.4) is 0 Å². The number of hydrogen-bond donors (Lipinski definition) is 1. The van der Waals surface area contributed by atoms with Crippen molar-refractivity contribution in [3.05, 3.63) is 42.1 Å². The van der Waals surface area contributed by atoms with Crippen molar-refractivity contribution in [1.29, 1.82) is 0 Å². The van der Waals surface area contributed by atoms with Crippen molar-refractivity contribution < 1.29 is 0 Å². The lowest BCUT2D eigenvalue weighted by Gasteiger charge is -2.09. The number of aryl methyl sites for hydroxylation is 1. The smallest absolute Gasteiger partial charge is 0.0704 e. The molecular formula is C15H20N2. The molecule has 0 amide bonds. The molecule has 1 heterocycles. The summed E-state index contributed by atoms with van der Waals surface area (Å²) in [5.74, 6) is 0. The van der Waals surface area contributed by atoms with Crippen molar-refractivity contribution in [1.82, 2.24) is 10.3 Å². The van der Waals surface area contributed by atoms with E-state index in [0.717, 1.165) is 18.5 Å². The summed E-state index contributed by atoms with van der Waals surface area (Å²) in [5.41, 5.74) is 2.50. The number of nitrogens with zero attached hydrogens (tertiary/aromatic N) is 1. The molecule has 0 saturated heterocycles. The molecule has 0 radical (unpaired) electrons. The molecule has 2 nitrogen and oxygen atoms in total. The second-order valence-corrected chi connectivity index (χ2v) is 4.70. The third kappa shape index (κ3) is 3.27. The van der Waals surface area contributed by atoms with Gasteiger partial charge in [-0.2, -0.15) is 0 Å². The Balaban J connectivity index is 2.03. The second-order valence-electron chi connectivity index (χ2n) is 4.70. The van der Waals surface area contributed by atoms with E-state index in [4.69, 9.17) is 0 Å². The molecule has 0 bridgehead atoms. The Morgan fingerprint density at radius 2 is 2.06 bits per heavy atom. The topological polar surface area (TPSA) is 24.9 Å². The van der Waals surface area contributed by atoms with E-state index < -0.39 is 0 Å². The number of nitrogens with one attached hydrogen (secondary N) is 1. The number of benzene rings is 1. The summed E-state index contributed by atoms with van der Waals surface area (Å²) in [5, 5.41) is 4.74. The summed E-state index contributed by atoms with van der Waals surface area (Å²) in [6.07, 6.45) is 4.14. The van der Waals surface area contributed by atoms with Gasteiger partial charge in [-0.3, -0.25) is 4.98 Å². The molecule has 2 aromatic rings. The van der Waals surface area contributed by atoms with Crippen molar-refractivity contribution in [2.45, 2.75) is 32.7 Å². The molecular weight excluding hydrogens is 208 g/mol. The van der Waals surface area contributed by atoms with Gasteiger partial charge in [0.25, 0.3) is 0 Å². The molecule has 2 heteroatoms. The highest BCUT2D eigenvalue weighted by Crippen LogP contribution is 2.17. The first-order valence-electron chi connectivity index (χ1n) is 6.33. The van der Waals surface area contributed by atoms with Gasteiger partial charge in [0.2, 0.25) is 0 Å². The Bertz CT molecular complexity index is 472. The summed E-state index contributed by atoms with van der Waals surface area (Å²) in [6.45, 7) is 5.44. The van der Waals surface area contributed by atoms with Gasteiger partial charge in [0.1, 0.15) is 0 Å². The van der Waals surface area contributed by atoms with Crippen LogP contribution < -0.4 is 5.32 Å². The molecule has 0 unspecified atom stereocenters. The van der Waals surface area contributed by atoms with E-state index in [9.17, 15) is 0 Å². The van der Waals surface area contributed by atoms with Crippen LogP contribution in [0.4, 0.5) is 0 Å². The lowest BCUT2D eigenvalue weighted by Crippen LogP contribution is -2.23. The van der Waals surface area contributed by atoms with Crippen LogP contribution in [0.1, 0.15) is 25.8 Å². The predicted molar refractivity (Wildman–Crippen MR) is 73.2 cm³/mol. The van der Waals surface area contributed by atoms with E-state index in [2.05, 4.69) is 48.4 Å². The van der Waals surface area contributed by atoms with E-state index in [1.807, 2.05) is 12.3 Å². The third-order valence-electron chi connectivity index (χ3n) is 2.91. The molecule has 0 aliphatic rings. The highest BCUT2D eigenvalue weighted by molar-refractivity contribution is 5.81. The van der Waals surface area contributed by atoms with Crippen LogP contribution >= 0.6 is 0 Å². The first-order chi connectivity index (χ1) is 8.27. The molecule has 1 N–H and O–H groups in total. The van der Waals surface area contributed by atoms with Gasteiger partial charge in [0.15, 0.2) is 0 Å². The lowest BCUT2D eigenvalue weighted by molar-refractivity contribution is 0.571. The zero-order valence-electron chi connectivity index (χ0n) is 10.6. The Hall–Kier alpha value is -1.41. The van der Waals surface area contributed by atoms with E-state index in [0.29, 0.717) is 6.04 Å². The Labute approximate surface area is 103 Å². The maximum absolute atomic E-state index is 4.38. The largest absolute Gasteiger partial charge is 0.315 e. The van der Waals surface area contributed by atoms with E-state index >= 15 is 0 Å². The maximum atomic E-state index is 4.38. The van der Waals surface area contributed by atoms with Crippen LogP contribution in [0.2, 0.25) is 0 Å². The van der Waals surface area contributed by atoms with Crippen molar-refractivity contribution in [3.8, 4) is 0 Å². The molecule has 2 rings (SSSR count). The van der Waals surface area contributed by atoms with Gasteiger partial charge in [-0.05, 0) is 37.1 Å². The maximum Gasteiger partial charge on any atom is 0.0704 e. The van der Waals surface area contributed by atoms with Gasteiger partial charge in [-0.25, -0.2) is 0 Å². The predicted octanol–water partition coefficient (Wildman–Crippen LogP) is 3.17. The molecule has 1 aromatic heterocycles. The average Bonchev–Trinajstić information content (AvgIpc) is 2.34. The zero-order chi connectivity index (χ0) is 12.1. The molecule has 0 aliphatic carbocycles. The van der Waals surface area contributed by atoms with Crippen LogP contribution in [0, 0.1) is 0 Å². The lowest BCUT2D eigenvalue weighted by atomic mass is 10.0. The quantitative estimate of drug-likeness (QED) is 0.795. The van der Waals surface area contributed by atoms with Gasteiger partial charge >= 0.3 is 0 Å². The summed E-state index contributed by atoms with van der Waals surface area (Å²) in [6, 6.07) is 11.1. The van der Waals surface area contributed by atoms with E-state index in [1.165, 1.54) is 17.4 Å². The zero-order valence-corrected chi connectivity index (χ0v) is 10.6. The minimum absolute atomic E-state index is 0.573. The fraction of sp³-hybridized carbons (Fsp3) is 0.400. The molecule has 0 aliphatic heterocycles. The van der Waals surface area contributed by atoms with Crippen LogP contribution in [0.15, 0.2) is 36.5 Å². The molecule has 0 spiro atoms. The summed E-state index contributed by atoms with van der Waals surface area (Å²) < 4.78 is 0. The van der Waals surface area contributed by atoms with Crippen molar-refractivity contribution in [2.75, 3.05) is 6.54 Å². The fourth-order valence-corrected chi connectivity index (χ4v) is 2.05. The van der Waals surface area contributed by atoms with Gasteiger partial charge in [-0.1, -0.05) is 32.0 Å². The Morgan fingerprint density at radius 3 is 2.88 bits per heavy atom. The number of pyridine rings is 1. The van der Waals surface area contributed by atoms with Crippen molar-refractivity contribution in [2.24, 2.45) is 0 Å². The highest BCUT2D eigenvalue weighted by Gasteiger charge is 2.01. The Kier molecular flexibility index (Phi) is 4.10. The van der Waals surface area contributed by atoms with Crippen LogP contribution in [-0.2, 0) is 6.42 Å². The van der Waals surface area contributed by atoms with E-state index in [1.54, 1.807) is 0 Å². The van der Waals surface area contributed by atoms with E-state index in [-0.39, 0.29) is 0 Å². The monoisotopic (exact) mass is 228 g/mol. The molecule has 0 saturated carbocycles. The highest BCUT2D eigenvalue weighted by atomic mass is 14.9. The molecule has 1 aromatic carbocycles. The minimum atomic E-state index is 0.573. The average molecular weight is 228 g/mol. The molecule has 0 fully saturated rings. The normalized spacial score (nSPS) is 11.2. The van der Waals surface area contributed by atoms with Crippen LogP contribution in [0.5, 0.6) is 0 Å². The van der Waals surface area contributed by atoms with Gasteiger partial charge in [0.05, 0.1) is 5.52 Å². The number of fused-ring (bicyclic) bond motifs is 1. The first kappa shape index (κ1) is 12.1. The first-order valence-corrected chi connectivity index (χ1v) is 6.33. The minimum Gasteiger partial charge on any atom is -0.315 e. The van der Waals surface area contributed by atoms with Crippen molar-refractivity contribution >= 4 is 10.9 Å². The second kappa shape index (κ2) is 5.78. The van der Waals surface area contributed by atoms with Gasteiger partial charge < -0.3 is 5.32 Å². The number of hydrogen-bond acceptors (Lipinski definition) is 2. The van der Waals surface area contributed by atoms with Crippen LogP contribution in [0.25, 0.3) is 10.9 Å². The molecule has 0 atom stereocenters. The van der Waals surface area contributed by atoms with Gasteiger partial charge in [-0.15, -0.1) is 0 Å². The molecule has 17 heavy (non-hydrogen) atoms. The van der Waals surface area contributed by atoms with Gasteiger partial charge in [0, 0.05) is 17.6 Å². The summed E-state index contributed by atoms with van der Waals surface area (Å²) in [7, 11) is 0. The molecule has 90 valence electrons. The Morgan fingerprint density at radius 1 is 1.18 bits per heavy atom. The number of aromatic nitrogens is 1. The summed E-state index contributed by atoms with van der Waals surface area (Å²) >= 11 is 0. The standard InChI is InChI=1S/C15H20N2/c1-12(2)16-10-4-7-13-6-3-9-15-14(13)8-5-11-17-15/h3,5-6,8-9,11-12,16H,4,7,10H2,1-2H3. The van der Waals surface area contributed by atoms with Crippen LogP contribution in [-0.4, -0.2) is 17.6 Å². The third-order valence-corrected chi connectivity index (χ3v) is 2.91. The van der Waals surface area contributed by atoms with Crippen molar-refractivity contribution in [3.63, 3.8) is 0 Å². The fourth-order valence-electron chi connectivity index (χ4n) is 2.05. The SMILES string of the molecule is CC(C)NCCCc1cccc2ncccc12. The summed E-state index contributed by atoms with van der Waals surface area (Å²) in [4.78, 5) is 4.38. The number of rotatable bonds is 5.